The summed E-state index contributed by atoms with van der Waals surface area (Å²) < 4.78 is 5.13. The number of thiophene rings is 1. The molecule has 1 aliphatic rings. The lowest BCUT2D eigenvalue weighted by Gasteiger charge is -2.33. The molecular weight excluding hydrogens is 462 g/mol. The topological polar surface area (TPSA) is 91.7 Å². The predicted octanol–water partition coefficient (Wildman–Crippen LogP) is 4.91. The van der Waals surface area contributed by atoms with Crippen LogP contribution in [0.25, 0.3) is 0 Å². The fraction of sp³-hybridized carbons (Fsp3) is 0.370. The second-order valence-electron chi connectivity index (χ2n) is 8.98. The lowest BCUT2D eigenvalue weighted by molar-refractivity contribution is -0.126. The van der Waals surface area contributed by atoms with E-state index in [0.717, 1.165) is 41.7 Å². The normalized spacial score (nSPS) is 14.8. The van der Waals surface area contributed by atoms with E-state index in [1.807, 2.05) is 49.6 Å². The number of furan rings is 1. The van der Waals surface area contributed by atoms with Crippen molar-refractivity contribution in [3.63, 3.8) is 0 Å². The zero-order valence-electron chi connectivity index (χ0n) is 20.1. The predicted molar refractivity (Wildman–Crippen MR) is 137 cm³/mol. The SMILES string of the molecule is Cc1ccc(N(C(=O)CNC(=O)c2ccco2)C(C(=O)NC2CCCCC2)c2cccs2)c(C)c1. The van der Waals surface area contributed by atoms with Crippen molar-refractivity contribution in [1.82, 2.24) is 10.6 Å². The summed E-state index contributed by atoms with van der Waals surface area (Å²) >= 11 is 1.44. The number of hydrogen-bond acceptors (Lipinski definition) is 5. The van der Waals surface area contributed by atoms with Gasteiger partial charge < -0.3 is 15.1 Å². The molecule has 184 valence electrons. The van der Waals surface area contributed by atoms with Crippen molar-refractivity contribution in [2.24, 2.45) is 0 Å². The van der Waals surface area contributed by atoms with Crippen molar-refractivity contribution < 1.29 is 18.8 Å². The van der Waals surface area contributed by atoms with Gasteiger partial charge in [-0.15, -0.1) is 11.3 Å². The van der Waals surface area contributed by atoms with E-state index in [4.69, 9.17) is 4.42 Å². The summed E-state index contributed by atoms with van der Waals surface area (Å²) in [6.07, 6.45) is 6.66. The molecule has 2 aromatic heterocycles. The highest BCUT2D eigenvalue weighted by Gasteiger charge is 2.35. The van der Waals surface area contributed by atoms with Crippen LogP contribution in [0, 0.1) is 13.8 Å². The Hall–Kier alpha value is -3.39. The number of amides is 3. The molecule has 1 unspecified atom stereocenters. The molecule has 0 radical (unpaired) electrons. The molecule has 1 aliphatic carbocycles. The summed E-state index contributed by atoms with van der Waals surface area (Å²) in [7, 11) is 0. The summed E-state index contributed by atoms with van der Waals surface area (Å²) in [6.45, 7) is 3.64. The van der Waals surface area contributed by atoms with Gasteiger partial charge in [0.25, 0.3) is 5.91 Å². The fourth-order valence-electron chi connectivity index (χ4n) is 4.58. The first-order valence-corrected chi connectivity index (χ1v) is 12.9. The Morgan fingerprint density at radius 3 is 2.54 bits per heavy atom. The van der Waals surface area contributed by atoms with E-state index in [9.17, 15) is 14.4 Å². The van der Waals surface area contributed by atoms with Crippen LogP contribution in [0.1, 0.15) is 64.7 Å². The summed E-state index contributed by atoms with van der Waals surface area (Å²) in [4.78, 5) is 42.1. The van der Waals surface area contributed by atoms with Gasteiger partial charge in [0.05, 0.1) is 12.8 Å². The van der Waals surface area contributed by atoms with Gasteiger partial charge in [-0.1, -0.05) is 43.0 Å². The van der Waals surface area contributed by atoms with Crippen LogP contribution in [0.3, 0.4) is 0 Å². The number of rotatable bonds is 8. The number of benzene rings is 1. The largest absolute Gasteiger partial charge is 0.459 e. The van der Waals surface area contributed by atoms with E-state index in [0.29, 0.717) is 5.69 Å². The minimum atomic E-state index is -0.841. The van der Waals surface area contributed by atoms with E-state index < -0.39 is 11.9 Å². The first kappa shape index (κ1) is 24.7. The molecule has 3 amide bonds. The first-order chi connectivity index (χ1) is 16.9. The van der Waals surface area contributed by atoms with Crippen LogP contribution in [0.2, 0.25) is 0 Å². The lowest BCUT2D eigenvalue weighted by Crippen LogP contribution is -2.49. The van der Waals surface area contributed by atoms with Crippen LogP contribution in [0.4, 0.5) is 5.69 Å². The molecular formula is C27H31N3O4S. The molecule has 1 fully saturated rings. The van der Waals surface area contributed by atoms with Crippen molar-refractivity contribution in [2.45, 2.75) is 58.0 Å². The van der Waals surface area contributed by atoms with Crippen LogP contribution >= 0.6 is 11.3 Å². The molecule has 2 N–H and O–H groups in total. The Labute approximate surface area is 209 Å². The van der Waals surface area contributed by atoms with Gasteiger partial charge in [0.2, 0.25) is 11.8 Å². The number of nitrogens with one attached hydrogen (secondary N) is 2. The number of carbonyl (C=O) groups excluding carboxylic acids is 3. The number of hydrogen-bond donors (Lipinski definition) is 2. The fourth-order valence-corrected chi connectivity index (χ4v) is 5.39. The maximum absolute atomic E-state index is 13.7. The Morgan fingerprint density at radius 2 is 1.89 bits per heavy atom. The molecule has 2 heterocycles. The second-order valence-corrected chi connectivity index (χ2v) is 9.95. The highest BCUT2D eigenvalue weighted by atomic mass is 32.1. The highest BCUT2D eigenvalue weighted by Crippen LogP contribution is 2.33. The zero-order valence-corrected chi connectivity index (χ0v) is 20.9. The molecule has 1 saturated carbocycles. The van der Waals surface area contributed by atoms with Gasteiger partial charge in [-0.2, -0.15) is 0 Å². The third-order valence-electron chi connectivity index (χ3n) is 6.30. The van der Waals surface area contributed by atoms with E-state index in [2.05, 4.69) is 10.6 Å². The molecule has 8 heteroatoms. The van der Waals surface area contributed by atoms with Gasteiger partial charge in [-0.05, 0) is 61.9 Å². The molecule has 1 aromatic carbocycles. The molecule has 3 aromatic rings. The van der Waals surface area contributed by atoms with Crippen molar-refractivity contribution >= 4 is 34.7 Å². The average Bonchev–Trinajstić information content (AvgIpc) is 3.56. The van der Waals surface area contributed by atoms with Gasteiger partial charge in [-0.3, -0.25) is 19.3 Å². The minimum Gasteiger partial charge on any atom is -0.459 e. The van der Waals surface area contributed by atoms with Crippen molar-refractivity contribution in [1.29, 1.82) is 0 Å². The van der Waals surface area contributed by atoms with E-state index in [1.165, 1.54) is 35.0 Å². The summed E-state index contributed by atoms with van der Waals surface area (Å²) in [6, 6.07) is 11.9. The molecule has 1 atom stereocenters. The third-order valence-corrected chi connectivity index (χ3v) is 7.22. The first-order valence-electron chi connectivity index (χ1n) is 12.0. The smallest absolute Gasteiger partial charge is 0.287 e. The van der Waals surface area contributed by atoms with Crippen molar-refractivity contribution in [3.05, 3.63) is 75.9 Å². The van der Waals surface area contributed by atoms with Crippen LogP contribution in [-0.4, -0.2) is 30.3 Å². The molecule has 35 heavy (non-hydrogen) atoms. The van der Waals surface area contributed by atoms with E-state index >= 15 is 0 Å². The monoisotopic (exact) mass is 493 g/mol. The Bertz CT molecular complexity index is 1150. The van der Waals surface area contributed by atoms with Gasteiger partial charge in [0.15, 0.2) is 5.76 Å². The van der Waals surface area contributed by atoms with Crippen molar-refractivity contribution in [3.8, 4) is 0 Å². The molecule has 0 spiro atoms. The van der Waals surface area contributed by atoms with Gasteiger partial charge in [0, 0.05) is 16.6 Å². The van der Waals surface area contributed by atoms with Gasteiger partial charge in [0.1, 0.15) is 6.04 Å². The highest BCUT2D eigenvalue weighted by molar-refractivity contribution is 7.10. The second kappa shape index (κ2) is 11.4. The summed E-state index contributed by atoms with van der Waals surface area (Å²) in [5.41, 5.74) is 2.58. The Balaban J connectivity index is 1.66. The Morgan fingerprint density at radius 1 is 1.09 bits per heavy atom. The lowest BCUT2D eigenvalue weighted by atomic mass is 9.95. The summed E-state index contributed by atoms with van der Waals surface area (Å²) in [5.74, 6) is -0.942. The summed E-state index contributed by atoms with van der Waals surface area (Å²) in [5, 5.41) is 7.74. The van der Waals surface area contributed by atoms with Gasteiger partial charge in [-0.25, -0.2) is 0 Å². The average molecular weight is 494 g/mol. The van der Waals surface area contributed by atoms with Crippen LogP contribution in [0.5, 0.6) is 0 Å². The molecule has 4 rings (SSSR count). The molecule has 0 saturated heterocycles. The van der Waals surface area contributed by atoms with Crippen LogP contribution in [0.15, 0.2) is 58.5 Å². The zero-order chi connectivity index (χ0) is 24.8. The standard InChI is InChI=1S/C27H31N3O4S/c1-18-12-13-21(19(2)16-18)30(24(31)17-28-26(32)22-10-6-14-34-22)25(23-11-7-15-35-23)27(33)29-20-8-4-3-5-9-20/h6-7,10-16,20,25H,3-5,8-9,17H2,1-2H3,(H,28,32)(H,29,33). The van der Waals surface area contributed by atoms with Crippen LogP contribution in [-0.2, 0) is 9.59 Å². The van der Waals surface area contributed by atoms with E-state index in [-0.39, 0.29) is 30.2 Å². The third kappa shape index (κ3) is 6.00. The quantitative estimate of drug-likeness (QED) is 0.466. The van der Waals surface area contributed by atoms with Crippen LogP contribution < -0.4 is 15.5 Å². The maximum Gasteiger partial charge on any atom is 0.287 e. The van der Waals surface area contributed by atoms with Crippen molar-refractivity contribution in [2.75, 3.05) is 11.4 Å². The Kier molecular flexibility index (Phi) is 8.02. The molecule has 0 aliphatic heterocycles. The molecule has 0 bridgehead atoms. The number of carbonyl (C=O) groups is 3. The molecule has 7 nitrogen and oxygen atoms in total. The number of aryl methyl sites for hydroxylation is 2. The maximum atomic E-state index is 13.7. The number of anilines is 1. The number of nitrogens with zero attached hydrogens (tertiary/aromatic N) is 1. The van der Waals surface area contributed by atoms with Gasteiger partial charge >= 0.3 is 0 Å². The minimum absolute atomic E-state index is 0.105. The van der Waals surface area contributed by atoms with E-state index in [1.54, 1.807) is 6.07 Å².